The maximum atomic E-state index is 12.7. The second kappa shape index (κ2) is 45.5. The van der Waals surface area contributed by atoms with Crippen molar-refractivity contribution in [1.82, 2.24) is 0 Å². The van der Waals surface area contributed by atoms with Gasteiger partial charge in [-0.3, -0.25) is 9.36 Å². The van der Waals surface area contributed by atoms with E-state index in [9.17, 15) is 14.3 Å². The molecule has 2 atom stereocenters. The van der Waals surface area contributed by atoms with Crippen molar-refractivity contribution in [3.8, 4) is 0 Å². The van der Waals surface area contributed by atoms with Crippen LogP contribution in [0.4, 0.5) is 0 Å². The molecule has 0 radical (unpaired) electrons. The Labute approximate surface area is 379 Å². The van der Waals surface area contributed by atoms with Gasteiger partial charge in [0.15, 0.2) is 0 Å². The van der Waals surface area contributed by atoms with Crippen LogP contribution in [0.15, 0.2) is 24.3 Å². The number of carbonyl (C=O) groups excluding carboxylic acids is 1. The normalized spacial score (nSPS) is 13.7. The summed E-state index contributed by atoms with van der Waals surface area (Å²) < 4.78 is 34.8. The summed E-state index contributed by atoms with van der Waals surface area (Å²) in [4.78, 5) is 25.2. The lowest BCUT2D eigenvalue weighted by Crippen LogP contribution is -2.37. The van der Waals surface area contributed by atoms with E-state index in [4.69, 9.17) is 18.5 Å². The number of phosphoric acid groups is 1. The number of unbranched alkanes of at least 4 members (excludes halogenated alkanes) is 31. The molecule has 0 rings (SSSR count). The van der Waals surface area contributed by atoms with Gasteiger partial charge in [-0.05, 0) is 44.9 Å². The molecule has 0 fully saturated rings. The van der Waals surface area contributed by atoms with Crippen LogP contribution in [-0.2, 0) is 27.9 Å². The number of hydrogen-bond acceptors (Lipinski definition) is 7. The van der Waals surface area contributed by atoms with Gasteiger partial charge in [0.1, 0.15) is 19.3 Å². The first-order valence-electron chi connectivity index (χ1n) is 26.1. The van der Waals surface area contributed by atoms with E-state index < -0.39 is 13.9 Å². The van der Waals surface area contributed by atoms with E-state index in [1.807, 2.05) is 21.1 Å². The molecule has 0 amide bonds. The smallest absolute Gasteiger partial charge is 0.306 e. The third kappa shape index (κ3) is 49.8. The summed E-state index contributed by atoms with van der Waals surface area (Å²) in [6.45, 7) is 5.43. The number of likely N-dealkylation sites (N-methyl/N-ethyl adjacent to an activating group) is 1. The van der Waals surface area contributed by atoms with Gasteiger partial charge in [-0.2, -0.15) is 0 Å². The lowest BCUT2D eigenvalue weighted by Gasteiger charge is -2.28. The number of nitrogens with zero attached hydrogens (tertiary/aromatic N) is 1. The molecule has 9 heteroatoms. The van der Waals surface area contributed by atoms with Crippen molar-refractivity contribution in [1.29, 1.82) is 0 Å². The fourth-order valence-electron chi connectivity index (χ4n) is 7.46. The zero-order valence-electron chi connectivity index (χ0n) is 41.1. The summed E-state index contributed by atoms with van der Waals surface area (Å²) >= 11 is 0. The molecule has 0 aromatic carbocycles. The van der Waals surface area contributed by atoms with E-state index in [0.717, 1.165) is 38.5 Å². The molecule has 0 bridgehead atoms. The van der Waals surface area contributed by atoms with E-state index in [2.05, 4.69) is 38.2 Å². The number of hydrogen-bond donors (Lipinski definition) is 0. The first kappa shape index (κ1) is 60.0. The molecule has 0 aromatic rings. The van der Waals surface area contributed by atoms with E-state index >= 15 is 0 Å². The summed E-state index contributed by atoms with van der Waals surface area (Å²) in [6, 6.07) is 0. The second-order valence-corrected chi connectivity index (χ2v) is 20.3. The van der Waals surface area contributed by atoms with Crippen LogP contribution in [0.25, 0.3) is 0 Å². The number of rotatable bonds is 49. The summed E-state index contributed by atoms with van der Waals surface area (Å²) in [6.07, 6.45) is 53.4. The van der Waals surface area contributed by atoms with Crippen LogP contribution >= 0.6 is 7.82 Å². The molecule has 0 heterocycles. The van der Waals surface area contributed by atoms with Crippen LogP contribution in [-0.4, -0.2) is 70.7 Å². The monoisotopic (exact) mass is 884 g/mol. The zero-order chi connectivity index (χ0) is 44.8. The predicted octanol–water partition coefficient (Wildman–Crippen LogP) is 15.3. The van der Waals surface area contributed by atoms with Gasteiger partial charge >= 0.3 is 5.97 Å². The Balaban J connectivity index is 4.12. The van der Waals surface area contributed by atoms with Crippen LogP contribution < -0.4 is 4.89 Å². The van der Waals surface area contributed by atoms with E-state index in [0.29, 0.717) is 24.1 Å². The fourth-order valence-corrected chi connectivity index (χ4v) is 8.19. The molecule has 0 aliphatic rings. The molecule has 0 saturated carbocycles. The van der Waals surface area contributed by atoms with Gasteiger partial charge in [0.25, 0.3) is 7.82 Å². The third-order valence-corrected chi connectivity index (χ3v) is 12.5. The highest BCUT2D eigenvalue weighted by atomic mass is 31.2. The lowest BCUT2D eigenvalue weighted by molar-refractivity contribution is -0.870. The van der Waals surface area contributed by atoms with Crippen molar-refractivity contribution in [2.24, 2.45) is 0 Å². The van der Waals surface area contributed by atoms with E-state index in [1.165, 1.54) is 186 Å². The SMILES string of the molecule is CCCCCC/C=C\C/C=C\CCCCCCCCCCOCC(COP(=O)([O-])OCC[N+](C)(C)C)OC(=O)CCCCCCCCCCCCCCCCCCCCCC. The maximum Gasteiger partial charge on any atom is 0.306 e. The minimum atomic E-state index is -4.53. The van der Waals surface area contributed by atoms with Gasteiger partial charge in [-0.15, -0.1) is 0 Å². The number of allylic oxidation sites excluding steroid dienone is 4. The molecular formula is C52H102NO7P. The van der Waals surface area contributed by atoms with Crippen LogP contribution in [0, 0.1) is 0 Å². The summed E-state index contributed by atoms with van der Waals surface area (Å²) in [5.74, 6) is -0.331. The molecule has 0 saturated heterocycles. The second-order valence-electron chi connectivity index (χ2n) is 18.9. The number of phosphoric ester groups is 1. The van der Waals surface area contributed by atoms with Crippen molar-refractivity contribution in [2.75, 3.05) is 54.1 Å². The molecule has 8 nitrogen and oxygen atoms in total. The molecular weight excluding hydrogens is 782 g/mol. The Morgan fingerprint density at radius 3 is 1.34 bits per heavy atom. The average molecular weight is 884 g/mol. The zero-order valence-corrected chi connectivity index (χ0v) is 42.0. The number of quaternary nitrogens is 1. The molecule has 2 unspecified atom stereocenters. The number of esters is 1. The van der Waals surface area contributed by atoms with Crippen molar-refractivity contribution >= 4 is 13.8 Å². The van der Waals surface area contributed by atoms with Gasteiger partial charge in [0.05, 0.1) is 34.4 Å². The van der Waals surface area contributed by atoms with Gasteiger partial charge in [0.2, 0.25) is 0 Å². The largest absolute Gasteiger partial charge is 0.756 e. The van der Waals surface area contributed by atoms with Crippen molar-refractivity contribution < 1.29 is 37.3 Å². The first-order valence-corrected chi connectivity index (χ1v) is 27.5. The van der Waals surface area contributed by atoms with Gasteiger partial charge < -0.3 is 27.9 Å². The Bertz CT molecular complexity index is 1030. The highest BCUT2D eigenvalue weighted by molar-refractivity contribution is 7.45. The molecule has 0 spiro atoms. The van der Waals surface area contributed by atoms with Crippen LogP contribution in [0.5, 0.6) is 0 Å². The lowest BCUT2D eigenvalue weighted by atomic mass is 10.0. The summed E-state index contributed by atoms with van der Waals surface area (Å²) in [5, 5.41) is 0. The van der Waals surface area contributed by atoms with Crippen molar-refractivity contribution in [3.63, 3.8) is 0 Å². The minimum Gasteiger partial charge on any atom is -0.756 e. The molecule has 0 aliphatic carbocycles. The number of ether oxygens (including phenoxy) is 2. The Kier molecular flexibility index (Phi) is 44.8. The standard InChI is InChI=1S/C52H102NO7P/c1-6-8-10-12-14-16-18-20-22-24-26-27-29-31-33-35-37-39-41-43-45-52(54)60-51(50-59-61(55,56)58-48-46-53(3,4)5)49-57-47-44-42-40-38-36-34-32-30-28-25-23-21-19-17-15-13-11-9-7-2/h17,19,23,25,51H,6-16,18,20-22,24,26-50H2,1-5H3/b19-17-,25-23-. The van der Waals surface area contributed by atoms with E-state index in [1.54, 1.807) is 0 Å². The van der Waals surface area contributed by atoms with Gasteiger partial charge in [-0.25, -0.2) is 0 Å². The molecule has 0 N–H and O–H groups in total. The molecule has 0 aliphatic heterocycles. The van der Waals surface area contributed by atoms with E-state index in [-0.39, 0.29) is 25.8 Å². The van der Waals surface area contributed by atoms with Crippen LogP contribution in [0.2, 0.25) is 0 Å². The van der Waals surface area contributed by atoms with Crippen LogP contribution in [0.1, 0.15) is 245 Å². The predicted molar refractivity (Wildman–Crippen MR) is 259 cm³/mol. The van der Waals surface area contributed by atoms with Crippen LogP contribution in [0.3, 0.4) is 0 Å². The molecule has 0 aromatic heterocycles. The molecule has 362 valence electrons. The van der Waals surface area contributed by atoms with Crippen molar-refractivity contribution in [2.45, 2.75) is 251 Å². The molecule has 61 heavy (non-hydrogen) atoms. The average Bonchev–Trinajstić information content (AvgIpc) is 3.22. The van der Waals surface area contributed by atoms with Crippen molar-refractivity contribution in [3.05, 3.63) is 24.3 Å². The number of carbonyl (C=O) groups is 1. The highest BCUT2D eigenvalue weighted by Gasteiger charge is 2.20. The summed E-state index contributed by atoms with van der Waals surface area (Å²) in [5.41, 5.74) is 0. The first-order chi connectivity index (χ1) is 29.6. The third-order valence-electron chi connectivity index (χ3n) is 11.5. The topological polar surface area (TPSA) is 94.1 Å². The fraction of sp³-hybridized carbons (Fsp3) is 0.904. The Morgan fingerprint density at radius 1 is 0.508 bits per heavy atom. The van der Waals surface area contributed by atoms with Gasteiger partial charge in [-0.1, -0.05) is 218 Å². The minimum absolute atomic E-state index is 0.0272. The Morgan fingerprint density at radius 2 is 0.902 bits per heavy atom. The quantitative estimate of drug-likeness (QED) is 0.0197. The van der Waals surface area contributed by atoms with Gasteiger partial charge in [0, 0.05) is 13.0 Å². The highest BCUT2D eigenvalue weighted by Crippen LogP contribution is 2.38. The summed E-state index contributed by atoms with van der Waals surface area (Å²) in [7, 11) is 1.36. The Hall–Kier alpha value is -1.02. The maximum absolute atomic E-state index is 12.7.